The van der Waals surface area contributed by atoms with Crippen molar-refractivity contribution in [3.8, 4) is 0 Å². The number of amides is 1. The second-order valence-electron chi connectivity index (χ2n) is 5.83. The SMILES string of the molecule is O=C(CN1CCCS1(=O)=O)N1CCNCC1c1ccccc1Cl. The maximum atomic E-state index is 12.7. The van der Waals surface area contributed by atoms with Gasteiger partial charge in [-0.25, -0.2) is 8.42 Å². The summed E-state index contributed by atoms with van der Waals surface area (Å²) in [6.07, 6.45) is 0.588. The van der Waals surface area contributed by atoms with Gasteiger partial charge >= 0.3 is 0 Å². The molecule has 2 aliphatic rings. The van der Waals surface area contributed by atoms with Crippen molar-refractivity contribution in [2.24, 2.45) is 0 Å². The number of carbonyl (C=O) groups excluding carboxylic acids is 1. The van der Waals surface area contributed by atoms with Crippen LogP contribution in [0.5, 0.6) is 0 Å². The fourth-order valence-corrected chi connectivity index (χ4v) is 4.86. The largest absolute Gasteiger partial charge is 0.332 e. The van der Waals surface area contributed by atoms with Crippen LogP contribution < -0.4 is 5.32 Å². The minimum Gasteiger partial charge on any atom is -0.332 e. The van der Waals surface area contributed by atoms with Gasteiger partial charge in [0.05, 0.1) is 18.3 Å². The van der Waals surface area contributed by atoms with Gasteiger partial charge in [-0.1, -0.05) is 29.8 Å². The van der Waals surface area contributed by atoms with E-state index in [1.165, 1.54) is 4.31 Å². The molecule has 1 atom stereocenters. The maximum absolute atomic E-state index is 12.7. The number of nitrogens with zero attached hydrogens (tertiary/aromatic N) is 2. The summed E-state index contributed by atoms with van der Waals surface area (Å²) in [5, 5.41) is 3.89. The molecule has 1 unspecified atom stereocenters. The Morgan fingerprint density at radius 3 is 2.78 bits per heavy atom. The lowest BCUT2D eigenvalue weighted by Crippen LogP contribution is -2.51. The Morgan fingerprint density at radius 2 is 2.09 bits per heavy atom. The third-order valence-electron chi connectivity index (χ3n) is 4.34. The normalized spacial score (nSPS) is 24.7. The topological polar surface area (TPSA) is 69.7 Å². The highest BCUT2D eigenvalue weighted by molar-refractivity contribution is 7.89. The predicted octanol–water partition coefficient (Wildman–Crippen LogP) is 0.848. The van der Waals surface area contributed by atoms with Crippen molar-refractivity contribution in [3.63, 3.8) is 0 Å². The van der Waals surface area contributed by atoms with Crippen molar-refractivity contribution >= 4 is 27.5 Å². The lowest BCUT2D eigenvalue weighted by Gasteiger charge is -2.37. The van der Waals surface area contributed by atoms with Crippen LogP contribution >= 0.6 is 11.6 Å². The molecular weight excluding hydrogens is 338 g/mol. The van der Waals surface area contributed by atoms with Crippen LogP contribution in [0.4, 0.5) is 0 Å². The summed E-state index contributed by atoms with van der Waals surface area (Å²) in [5.41, 5.74) is 0.888. The number of rotatable bonds is 3. The van der Waals surface area contributed by atoms with Crippen LogP contribution in [0.2, 0.25) is 5.02 Å². The summed E-state index contributed by atoms with van der Waals surface area (Å²) in [7, 11) is -3.27. The molecule has 1 aromatic rings. The van der Waals surface area contributed by atoms with E-state index in [0.29, 0.717) is 37.6 Å². The smallest absolute Gasteiger partial charge is 0.238 e. The number of hydrogen-bond acceptors (Lipinski definition) is 4. The lowest BCUT2D eigenvalue weighted by atomic mass is 10.0. The van der Waals surface area contributed by atoms with Gasteiger partial charge in [-0.2, -0.15) is 4.31 Å². The molecule has 1 N–H and O–H groups in total. The first kappa shape index (κ1) is 16.7. The van der Waals surface area contributed by atoms with Crippen molar-refractivity contribution in [1.82, 2.24) is 14.5 Å². The molecule has 0 aromatic heterocycles. The molecule has 1 aromatic carbocycles. The van der Waals surface area contributed by atoms with Crippen molar-refractivity contribution < 1.29 is 13.2 Å². The Bertz CT molecular complexity index is 695. The van der Waals surface area contributed by atoms with Gasteiger partial charge < -0.3 is 10.2 Å². The summed E-state index contributed by atoms with van der Waals surface area (Å²) >= 11 is 6.27. The molecule has 0 bridgehead atoms. The molecule has 3 rings (SSSR count). The van der Waals surface area contributed by atoms with E-state index in [4.69, 9.17) is 11.6 Å². The molecular formula is C15H20ClN3O3S. The van der Waals surface area contributed by atoms with Crippen LogP contribution in [-0.4, -0.2) is 62.0 Å². The molecule has 6 nitrogen and oxygen atoms in total. The van der Waals surface area contributed by atoms with Gasteiger partial charge in [-0.3, -0.25) is 4.79 Å². The lowest BCUT2D eigenvalue weighted by molar-refractivity contribution is -0.134. The number of carbonyl (C=O) groups is 1. The third kappa shape index (κ3) is 3.52. The first-order valence-corrected chi connectivity index (χ1v) is 9.70. The van der Waals surface area contributed by atoms with Gasteiger partial charge in [0.15, 0.2) is 0 Å². The minimum atomic E-state index is -3.27. The quantitative estimate of drug-likeness (QED) is 0.870. The van der Waals surface area contributed by atoms with E-state index in [1.807, 2.05) is 18.2 Å². The molecule has 0 radical (unpaired) electrons. The van der Waals surface area contributed by atoms with Crippen LogP contribution in [0, 0.1) is 0 Å². The Hall–Kier alpha value is -1.15. The highest BCUT2D eigenvalue weighted by atomic mass is 35.5. The van der Waals surface area contributed by atoms with E-state index in [1.54, 1.807) is 11.0 Å². The summed E-state index contributed by atoms with van der Waals surface area (Å²) in [5.74, 6) is -0.0302. The Morgan fingerprint density at radius 1 is 1.30 bits per heavy atom. The monoisotopic (exact) mass is 357 g/mol. The predicted molar refractivity (Wildman–Crippen MR) is 88.8 cm³/mol. The van der Waals surface area contributed by atoms with Crippen LogP contribution in [-0.2, 0) is 14.8 Å². The van der Waals surface area contributed by atoms with E-state index in [9.17, 15) is 13.2 Å². The highest BCUT2D eigenvalue weighted by Crippen LogP contribution is 2.29. The second-order valence-corrected chi connectivity index (χ2v) is 8.33. The summed E-state index contributed by atoms with van der Waals surface area (Å²) in [6, 6.07) is 7.29. The van der Waals surface area contributed by atoms with E-state index in [-0.39, 0.29) is 24.2 Å². The molecule has 0 aliphatic carbocycles. The number of nitrogens with one attached hydrogen (secondary N) is 1. The molecule has 2 saturated heterocycles. The zero-order chi connectivity index (χ0) is 16.4. The van der Waals surface area contributed by atoms with Gasteiger partial charge in [-0.05, 0) is 18.1 Å². The molecule has 23 heavy (non-hydrogen) atoms. The van der Waals surface area contributed by atoms with Crippen LogP contribution in [0.15, 0.2) is 24.3 Å². The van der Waals surface area contributed by atoms with E-state index >= 15 is 0 Å². The summed E-state index contributed by atoms with van der Waals surface area (Å²) in [4.78, 5) is 14.4. The summed E-state index contributed by atoms with van der Waals surface area (Å²) < 4.78 is 25.1. The molecule has 2 aliphatic heterocycles. The average molecular weight is 358 g/mol. The number of piperazine rings is 1. The number of hydrogen-bond donors (Lipinski definition) is 1. The standard InChI is InChI=1S/C15H20ClN3O3S/c16-13-5-2-1-4-12(13)14-10-17-6-8-19(14)15(20)11-18-7-3-9-23(18,21)22/h1-2,4-5,14,17H,3,6-11H2. The molecule has 8 heteroatoms. The van der Waals surface area contributed by atoms with E-state index in [0.717, 1.165) is 5.56 Å². The molecule has 2 fully saturated rings. The maximum Gasteiger partial charge on any atom is 0.238 e. The van der Waals surface area contributed by atoms with Gasteiger partial charge in [0, 0.05) is 31.2 Å². The molecule has 0 spiro atoms. The minimum absolute atomic E-state index is 0.0801. The average Bonchev–Trinajstić information content (AvgIpc) is 2.86. The first-order valence-electron chi connectivity index (χ1n) is 7.71. The highest BCUT2D eigenvalue weighted by Gasteiger charge is 2.34. The first-order chi connectivity index (χ1) is 11.0. The number of sulfonamides is 1. The van der Waals surface area contributed by atoms with Crippen LogP contribution in [0.1, 0.15) is 18.0 Å². The Balaban J connectivity index is 1.79. The third-order valence-corrected chi connectivity index (χ3v) is 6.59. The van der Waals surface area contributed by atoms with Gasteiger partial charge in [-0.15, -0.1) is 0 Å². The zero-order valence-corrected chi connectivity index (χ0v) is 14.3. The fraction of sp³-hybridized carbons (Fsp3) is 0.533. The summed E-state index contributed by atoms with van der Waals surface area (Å²) in [6.45, 7) is 2.20. The van der Waals surface area contributed by atoms with Crippen molar-refractivity contribution in [2.45, 2.75) is 12.5 Å². The van der Waals surface area contributed by atoms with E-state index in [2.05, 4.69) is 5.32 Å². The Labute approximate surface area is 141 Å². The van der Waals surface area contributed by atoms with Crippen molar-refractivity contribution in [3.05, 3.63) is 34.9 Å². The van der Waals surface area contributed by atoms with Gasteiger partial charge in [0.1, 0.15) is 0 Å². The zero-order valence-electron chi connectivity index (χ0n) is 12.7. The number of halogens is 1. The number of benzene rings is 1. The van der Waals surface area contributed by atoms with Gasteiger partial charge in [0.2, 0.25) is 15.9 Å². The second kappa shape index (κ2) is 6.76. The van der Waals surface area contributed by atoms with Gasteiger partial charge in [0.25, 0.3) is 0 Å². The van der Waals surface area contributed by atoms with E-state index < -0.39 is 10.0 Å². The van der Waals surface area contributed by atoms with Crippen LogP contribution in [0.25, 0.3) is 0 Å². The fourth-order valence-electron chi connectivity index (χ4n) is 3.14. The van der Waals surface area contributed by atoms with Crippen molar-refractivity contribution in [2.75, 3.05) is 38.5 Å². The van der Waals surface area contributed by atoms with Crippen molar-refractivity contribution in [1.29, 1.82) is 0 Å². The Kier molecular flexibility index (Phi) is 4.91. The molecule has 2 heterocycles. The molecule has 0 saturated carbocycles. The molecule has 1 amide bonds. The van der Waals surface area contributed by atoms with Crippen LogP contribution in [0.3, 0.4) is 0 Å². The molecule has 126 valence electrons.